The maximum atomic E-state index is 12.2. The third-order valence-corrected chi connectivity index (χ3v) is 4.13. The Balaban J connectivity index is 0.00000242. The summed E-state index contributed by atoms with van der Waals surface area (Å²) >= 11 is 0. The number of carbonyl (C=O) groups is 1. The van der Waals surface area contributed by atoms with Gasteiger partial charge in [0.25, 0.3) is 0 Å². The molecule has 0 radical (unpaired) electrons. The molecule has 0 bridgehead atoms. The van der Waals surface area contributed by atoms with Crippen molar-refractivity contribution in [2.24, 2.45) is 11.7 Å². The molecule has 1 aromatic carbocycles. The number of rotatable bonds is 6. The van der Waals surface area contributed by atoms with Crippen LogP contribution < -0.4 is 5.73 Å². The maximum Gasteiger partial charge on any atom is 0.224 e. The van der Waals surface area contributed by atoms with Crippen LogP contribution in [0, 0.1) is 5.92 Å². The third kappa shape index (κ3) is 5.95. The second kappa shape index (κ2) is 9.82. The molecule has 1 heterocycles. The van der Waals surface area contributed by atoms with Crippen LogP contribution in [0.25, 0.3) is 0 Å². The molecule has 2 N–H and O–H groups in total. The van der Waals surface area contributed by atoms with E-state index in [1.54, 1.807) is 0 Å². The van der Waals surface area contributed by atoms with Gasteiger partial charge in [0.1, 0.15) is 0 Å². The fourth-order valence-electron chi connectivity index (χ4n) is 2.75. The number of hydrogen-bond acceptors (Lipinski definition) is 3. The van der Waals surface area contributed by atoms with Crippen LogP contribution in [0.2, 0.25) is 0 Å². The molecule has 2 rings (SSSR count). The molecule has 1 aromatic rings. The van der Waals surface area contributed by atoms with Crippen molar-refractivity contribution in [3.63, 3.8) is 0 Å². The van der Waals surface area contributed by atoms with Crippen LogP contribution in [0.4, 0.5) is 0 Å². The molecule has 1 fully saturated rings. The van der Waals surface area contributed by atoms with Crippen molar-refractivity contribution < 1.29 is 9.53 Å². The van der Waals surface area contributed by atoms with Crippen LogP contribution in [-0.4, -0.2) is 36.5 Å². The normalized spacial score (nSPS) is 19.4. The van der Waals surface area contributed by atoms with Crippen LogP contribution in [0.5, 0.6) is 0 Å². The summed E-state index contributed by atoms with van der Waals surface area (Å²) in [6.45, 7) is 4.74. The molecule has 1 aliphatic rings. The number of nitrogens with zero attached hydrogens (tertiary/aromatic N) is 1. The van der Waals surface area contributed by atoms with Gasteiger partial charge in [-0.2, -0.15) is 0 Å². The smallest absolute Gasteiger partial charge is 0.224 e. The molecule has 22 heavy (non-hydrogen) atoms. The Morgan fingerprint density at radius 1 is 1.41 bits per heavy atom. The van der Waals surface area contributed by atoms with E-state index in [1.807, 2.05) is 42.2 Å². The molecule has 124 valence electrons. The van der Waals surface area contributed by atoms with Gasteiger partial charge in [0.05, 0.1) is 19.6 Å². The van der Waals surface area contributed by atoms with E-state index < -0.39 is 0 Å². The van der Waals surface area contributed by atoms with Gasteiger partial charge in [0.15, 0.2) is 0 Å². The summed E-state index contributed by atoms with van der Waals surface area (Å²) in [5, 5.41) is 0. The van der Waals surface area contributed by atoms with Gasteiger partial charge in [0, 0.05) is 19.1 Å². The first-order chi connectivity index (χ1) is 10.2. The number of carbonyl (C=O) groups excluding carboxylic acids is 1. The van der Waals surface area contributed by atoms with Gasteiger partial charge in [-0.3, -0.25) is 4.79 Å². The number of nitrogens with two attached hydrogens (primary N) is 1. The standard InChI is InChI=1S/C17H26N2O2.ClH/c1-14(18)16-8-5-10-19(12-16)17(20)9-11-21-13-15-6-3-2-4-7-15;/h2-4,6-7,14,16H,5,8-13,18H2,1H3;1H. The highest BCUT2D eigenvalue weighted by Crippen LogP contribution is 2.19. The fraction of sp³-hybridized carbons (Fsp3) is 0.588. The van der Waals surface area contributed by atoms with Crippen LogP contribution in [0.3, 0.4) is 0 Å². The summed E-state index contributed by atoms with van der Waals surface area (Å²) in [7, 11) is 0. The number of ether oxygens (including phenoxy) is 1. The molecule has 0 aromatic heterocycles. The van der Waals surface area contributed by atoms with Gasteiger partial charge in [0.2, 0.25) is 5.91 Å². The Morgan fingerprint density at radius 2 is 2.14 bits per heavy atom. The molecule has 0 spiro atoms. The Bertz CT molecular complexity index is 440. The summed E-state index contributed by atoms with van der Waals surface area (Å²) in [5.74, 6) is 0.626. The first-order valence-electron chi connectivity index (χ1n) is 7.82. The van der Waals surface area contributed by atoms with E-state index in [4.69, 9.17) is 10.5 Å². The Morgan fingerprint density at radius 3 is 2.82 bits per heavy atom. The molecule has 5 heteroatoms. The zero-order chi connectivity index (χ0) is 15.1. The average Bonchev–Trinajstić information content (AvgIpc) is 2.52. The minimum absolute atomic E-state index is 0. The van der Waals surface area contributed by atoms with Crippen LogP contribution in [-0.2, 0) is 16.1 Å². The number of benzene rings is 1. The second-order valence-electron chi connectivity index (χ2n) is 5.89. The number of halogens is 1. The van der Waals surface area contributed by atoms with E-state index in [2.05, 4.69) is 0 Å². The van der Waals surface area contributed by atoms with E-state index in [-0.39, 0.29) is 24.4 Å². The largest absolute Gasteiger partial charge is 0.376 e. The lowest BCUT2D eigenvalue weighted by atomic mass is 9.92. The topological polar surface area (TPSA) is 55.6 Å². The molecule has 2 unspecified atom stereocenters. The zero-order valence-corrected chi connectivity index (χ0v) is 14.1. The molecule has 4 nitrogen and oxygen atoms in total. The fourth-order valence-corrected chi connectivity index (χ4v) is 2.75. The summed E-state index contributed by atoms with van der Waals surface area (Å²) in [6, 6.07) is 10.2. The van der Waals surface area contributed by atoms with Crippen LogP contribution in [0.15, 0.2) is 30.3 Å². The van der Waals surface area contributed by atoms with Crippen molar-refractivity contribution in [2.75, 3.05) is 19.7 Å². The SMILES string of the molecule is CC(N)C1CCCN(C(=O)CCOCc2ccccc2)C1.Cl. The van der Waals surface area contributed by atoms with E-state index in [9.17, 15) is 4.79 Å². The number of amides is 1. The summed E-state index contributed by atoms with van der Waals surface area (Å²) in [5.41, 5.74) is 7.09. The van der Waals surface area contributed by atoms with Crippen molar-refractivity contribution in [3.8, 4) is 0 Å². The molecule has 1 saturated heterocycles. The molecular formula is C17H27ClN2O2. The second-order valence-corrected chi connectivity index (χ2v) is 5.89. The van der Waals surface area contributed by atoms with Crippen LogP contribution in [0.1, 0.15) is 31.7 Å². The molecule has 2 atom stereocenters. The molecule has 1 amide bonds. The minimum atomic E-state index is 0. The van der Waals surface area contributed by atoms with Crippen molar-refractivity contribution in [3.05, 3.63) is 35.9 Å². The number of likely N-dealkylation sites (tertiary alicyclic amines) is 1. The summed E-state index contributed by atoms with van der Waals surface area (Å²) < 4.78 is 5.58. The van der Waals surface area contributed by atoms with Gasteiger partial charge >= 0.3 is 0 Å². The first kappa shape index (κ1) is 18.9. The molecular weight excluding hydrogens is 300 g/mol. The average molecular weight is 327 g/mol. The minimum Gasteiger partial charge on any atom is -0.376 e. The van der Waals surface area contributed by atoms with Crippen molar-refractivity contribution in [1.82, 2.24) is 4.90 Å². The van der Waals surface area contributed by atoms with E-state index in [1.165, 1.54) is 0 Å². The van der Waals surface area contributed by atoms with E-state index in [0.29, 0.717) is 25.6 Å². The van der Waals surface area contributed by atoms with Crippen molar-refractivity contribution in [1.29, 1.82) is 0 Å². The third-order valence-electron chi connectivity index (χ3n) is 4.13. The van der Waals surface area contributed by atoms with Gasteiger partial charge in [-0.25, -0.2) is 0 Å². The molecule has 1 aliphatic heterocycles. The van der Waals surface area contributed by atoms with E-state index >= 15 is 0 Å². The van der Waals surface area contributed by atoms with Crippen molar-refractivity contribution in [2.45, 2.75) is 38.8 Å². The highest BCUT2D eigenvalue weighted by molar-refractivity contribution is 5.85. The Hall–Kier alpha value is -1.10. The Labute approximate surface area is 139 Å². The van der Waals surface area contributed by atoms with Gasteiger partial charge in [-0.05, 0) is 31.2 Å². The summed E-state index contributed by atoms with van der Waals surface area (Å²) in [6.07, 6.45) is 2.65. The van der Waals surface area contributed by atoms with Gasteiger partial charge < -0.3 is 15.4 Å². The monoisotopic (exact) mass is 326 g/mol. The lowest BCUT2D eigenvalue weighted by Gasteiger charge is -2.34. The van der Waals surface area contributed by atoms with E-state index in [0.717, 1.165) is 31.5 Å². The van der Waals surface area contributed by atoms with Crippen LogP contribution >= 0.6 is 12.4 Å². The van der Waals surface area contributed by atoms with Gasteiger partial charge in [-0.15, -0.1) is 12.4 Å². The highest BCUT2D eigenvalue weighted by Gasteiger charge is 2.25. The first-order valence-corrected chi connectivity index (χ1v) is 7.82. The predicted molar refractivity (Wildman–Crippen MR) is 90.9 cm³/mol. The van der Waals surface area contributed by atoms with Crippen molar-refractivity contribution >= 4 is 18.3 Å². The maximum absolute atomic E-state index is 12.2. The molecule has 0 saturated carbocycles. The lowest BCUT2D eigenvalue weighted by Crippen LogP contribution is -2.45. The highest BCUT2D eigenvalue weighted by atomic mass is 35.5. The number of hydrogen-bond donors (Lipinski definition) is 1. The lowest BCUT2D eigenvalue weighted by molar-refractivity contribution is -0.134. The molecule has 0 aliphatic carbocycles. The summed E-state index contributed by atoms with van der Waals surface area (Å²) in [4.78, 5) is 14.1. The Kier molecular flexibility index (Phi) is 8.46. The predicted octanol–water partition coefficient (Wildman–Crippen LogP) is 2.60. The van der Waals surface area contributed by atoms with Gasteiger partial charge in [-0.1, -0.05) is 30.3 Å². The number of piperidine rings is 1. The zero-order valence-electron chi connectivity index (χ0n) is 13.2. The quantitative estimate of drug-likeness (QED) is 0.817.